The third-order valence-electron chi connectivity index (χ3n) is 4.64. The van der Waals surface area contributed by atoms with E-state index < -0.39 is 7.37 Å². The summed E-state index contributed by atoms with van der Waals surface area (Å²) >= 11 is 6.93. The van der Waals surface area contributed by atoms with Gasteiger partial charge in [-0.3, -0.25) is 4.57 Å². The maximum Gasteiger partial charge on any atom is 0.338 e. The van der Waals surface area contributed by atoms with Gasteiger partial charge in [0.1, 0.15) is 11.5 Å². The van der Waals surface area contributed by atoms with Crippen LogP contribution in [0.15, 0.2) is 63.5 Å². The predicted molar refractivity (Wildman–Crippen MR) is 135 cm³/mol. The van der Waals surface area contributed by atoms with Crippen LogP contribution in [0.2, 0.25) is 0 Å². The minimum atomic E-state index is -3.21. The molecule has 33 heavy (non-hydrogen) atoms. The van der Waals surface area contributed by atoms with Crippen LogP contribution in [0.25, 0.3) is 0 Å². The zero-order chi connectivity index (χ0) is 24.2. The maximum atomic E-state index is 12.0. The molecule has 0 spiro atoms. The Morgan fingerprint density at radius 3 is 2.36 bits per heavy atom. The Hall–Kier alpha value is -2.12. The van der Waals surface area contributed by atoms with Crippen LogP contribution in [0.5, 0.6) is 17.2 Å². The number of rotatable bonds is 8. The summed E-state index contributed by atoms with van der Waals surface area (Å²) in [6.45, 7) is 3.37. The van der Waals surface area contributed by atoms with Crippen molar-refractivity contribution in [2.75, 3.05) is 13.3 Å². The van der Waals surface area contributed by atoms with E-state index in [4.69, 9.17) is 9.47 Å². The van der Waals surface area contributed by atoms with Gasteiger partial charge in [0, 0.05) is 24.8 Å². The maximum absolute atomic E-state index is 12.0. The second-order valence-corrected chi connectivity index (χ2v) is 11.7. The lowest BCUT2D eigenvalue weighted by atomic mass is 10.0. The molecule has 3 aromatic rings. The topological polar surface area (TPSA) is 93.1 Å². The zero-order valence-electron chi connectivity index (χ0n) is 18.0. The van der Waals surface area contributed by atoms with Crippen molar-refractivity contribution in [3.05, 3.63) is 85.8 Å². The van der Waals surface area contributed by atoms with Gasteiger partial charge < -0.3 is 19.5 Å². The highest BCUT2D eigenvalue weighted by molar-refractivity contribution is 9.11. The van der Waals surface area contributed by atoms with Crippen molar-refractivity contribution in [1.29, 1.82) is 0 Å². The number of carbonyl (C=O) groups excluding carboxylic acids is 1. The SMILES string of the molecule is CCOC(=O)c1cccc(Cc2cc(Oc3c(Br)cc(CP(C)(=O)O)cc3Br)ccc2O)c1. The highest BCUT2D eigenvalue weighted by Crippen LogP contribution is 2.44. The van der Waals surface area contributed by atoms with Gasteiger partial charge in [-0.1, -0.05) is 12.1 Å². The summed E-state index contributed by atoms with van der Waals surface area (Å²) < 4.78 is 24.1. The average Bonchev–Trinajstić information content (AvgIpc) is 2.72. The van der Waals surface area contributed by atoms with Crippen LogP contribution in [0, 0.1) is 0 Å². The summed E-state index contributed by atoms with van der Waals surface area (Å²) in [5.41, 5.74) is 2.62. The largest absolute Gasteiger partial charge is 0.508 e. The molecule has 0 radical (unpaired) electrons. The molecule has 0 bridgehead atoms. The molecule has 0 aromatic heterocycles. The van der Waals surface area contributed by atoms with Crippen molar-refractivity contribution in [3.8, 4) is 17.2 Å². The summed E-state index contributed by atoms with van der Waals surface area (Å²) in [6.07, 6.45) is 0.443. The van der Waals surface area contributed by atoms with Gasteiger partial charge in [0.2, 0.25) is 7.37 Å². The molecule has 3 aromatic carbocycles. The van der Waals surface area contributed by atoms with E-state index in [0.717, 1.165) is 5.56 Å². The van der Waals surface area contributed by atoms with Crippen molar-refractivity contribution in [1.82, 2.24) is 0 Å². The second kappa shape index (κ2) is 10.9. The van der Waals surface area contributed by atoms with E-state index in [9.17, 15) is 19.4 Å². The van der Waals surface area contributed by atoms with Crippen LogP contribution in [0.1, 0.15) is 34.0 Å². The van der Waals surface area contributed by atoms with E-state index in [1.54, 1.807) is 55.5 Å². The Labute approximate surface area is 209 Å². The van der Waals surface area contributed by atoms with Gasteiger partial charge in [-0.2, -0.15) is 0 Å². The molecule has 0 amide bonds. The zero-order valence-corrected chi connectivity index (χ0v) is 22.1. The fourth-order valence-corrected chi connectivity index (χ4v) is 5.57. The van der Waals surface area contributed by atoms with Crippen LogP contribution in [-0.2, 0) is 21.9 Å². The first kappa shape index (κ1) is 25.5. The second-order valence-electron chi connectivity index (χ2n) is 7.59. The third-order valence-corrected chi connectivity index (χ3v) is 6.77. The van der Waals surface area contributed by atoms with Crippen molar-refractivity contribution in [2.24, 2.45) is 0 Å². The molecule has 0 aliphatic rings. The van der Waals surface area contributed by atoms with Gasteiger partial charge in [0.15, 0.2) is 5.75 Å². The van der Waals surface area contributed by atoms with E-state index in [-0.39, 0.29) is 17.9 Å². The Morgan fingerprint density at radius 1 is 1.03 bits per heavy atom. The Balaban J connectivity index is 1.84. The number of benzene rings is 3. The normalized spacial score (nSPS) is 12.8. The van der Waals surface area contributed by atoms with E-state index in [1.807, 2.05) is 6.07 Å². The molecular formula is C24H23Br2O6P. The van der Waals surface area contributed by atoms with E-state index in [2.05, 4.69) is 31.9 Å². The van der Waals surface area contributed by atoms with Crippen LogP contribution in [0.4, 0.5) is 0 Å². The summed E-state index contributed by atoms with van der Waals surface area (Å²) in [7, 11) is -3.21. The van der Waals surface area contributed by atoms with Crippen LogP contribution in [0.3, 0.4) is 0 Å². The first-order chi connectivity index (χ1) is 15.6. The van der Waals surface area contributed by atoms with Gasteiger partial charge in [0.05, 0.1) is 21.1 Å². The summed E-state index contributed by atoms with van der Waals surface area (Å²) in [5.74, 6) is 0.726. The highest BCUT2D eigenvalue weighted by Gasteiger charge is 2.16. The monoisotopic (exact) mass is 596 g/mol. The number of esters is 1. The van der Waals surface area contributed by atoms with Crippen LogP contribution in [-0.4, -0.2) is 29.2 Å². The Bertz CT molecular complexity index is 1200. The quantitative estimate of drug-likeness (QED) is 0.217. The van der Waals surface area contributed by atoms with Gasteiger partial charge >= 0.3 is 5.97 Å². The number of phenolic OH excluding ortho intramolecular Hbond substituents is 1. The van der Waals surface area contributed by atoms with Crippen molar-refractivity contribution < 1.29 is 28.8 Å². The lowest BCUT2D eigenvalue weighted by Gasteiger charge is -2.14. The van der Waals surface area contributed by atoms with Crippen molar-refractivity contribution >= 4 is 45.2 Å². The third kappa shape index (κ3) is 7.18. The lowest BCUT2D eigenvalue weighted by molar-refractivity contribution is 0.0526. The minimum Gasteiger partial charge on any atom is -0.508 e. The summed E-state index contributed by atoms with van der Waals surface area (Å²) in [4.78, 5) is 21.7. The Morgan fingerprint density at radius 2 is 1.73 bits per heavy atom. The molecule has 6 nitrogen and oxygen atoms in total. The van der Waals surface area contributed by atoms with Crippen molar-refractivity contribution in [3.63, 3.8) is 0 Å². The molecule has 0 aliphatic heterocycles. The summed E-state index contributed by atoms with van der Waals surface area (Å²) in [6, 6.07) is 15.5. The molecule has 0 fully saturated rings. The minimum absolute atomic E-state index is 0.0543. The molecule has 9 heteroatoms. The number of phenols is 1. The standard InChI is InChI=1S/C24H23Br2O6P/c1-3-31-24(28)17-6-4-5-15(9-17)10-18-13-19(7-8-22(18)27)32-23-20(25)11-16(12-21(23)26)14-33(2,29)30/h4-9,11-13,27H,3,10,14H2,1-2H3,(H,29,30). The van der Waals surface area contributed by atoms with Gasteiger partial charge in [0.25, 0.3) is 0 Å². The molecule has 0 saturated heterocycles. The predicted octanol–water partition coefficient (Wildman–Crippen LogP) is 6.88. The number of ether oxygens (including phenoxy) is 2. The number of aromatic hydroxyl groups is 1. The van der Waals surface area contributed by atoms with E-state index in [1.165, 1.54) is 6.66 Å². The molecule has 0 saturated carbocycles. The molecular weight excluding hydrogens is 575 g/mol. The molecule has 0 heterocycles. The van der Waals surface area contributed by atoms with Crippen LogP contribution < -0.4 is 4.74 Å². The van der Waals surface area contributed by atoms with Crippen molar-refractivity contribution in [2.45, 2.75) is 19.5 Å². The Kier molecular flexibility index (Phi) is 8.40. The molecule has 174 valence electrons. The summed E-state index contributed by atoms with van der Waals surface area (Å²) in [5, 5.41) is 10.4. The van der Waals surface area contributed by atoms with E-state index in [0.29, 0.717) is 50.2 Å². The molecule has 2 N–H and O–H groups in total. The fraction of sp³-hybridized carbons (Fsp3) is 0.208. The van der Waals surface area contributed by atoms with Gasteiger partial charge in [-0.15, -0.1) is 0 Å². The average molecular weight is 598 g/mol. The fourth-order valence-electron chi connectivity index (χ4n) is 3.27. The number of hydrogen-bond acceptors (Lipinski definition) is 5. The molecule has 0 aliphatic carbocycles. The first-order valence-electron chi connectivity index (χ1n) is 10.1. The smallest absolute Gasteiger partial charge is 0.338 e. The lowest BCUT2D eigenvalue weighted by Crippen LogP contribution is -2.05. The highest BCUT2D eigenvalue weighted by atomic mass is 79.9. The number of carbonyl (C=O) groups is 1. The molecule has 3 rings (SSSR count). The number of halogens is 2. The molecule has 1 atom stereocenters. The van der Waals surface area contributed by atoms with E-state index >= 15 is 0 Å². The van der Waals surface area contributed by atoms with Crippen LogP contribution >= 0.6 is 39.2 Å². The van der Waals surface area contributed by atoms with Gasteiger partial charge in [-0.25, -0.2) is 4.79 Å². The van der Waals surface area contributed by atoms with Gasteiger partial charge in [-0.05, 0) is 92.4 Å². The number of hydrogen-bond donors (Lipinski definition) is 2. The molecule has 1 unspecified atom stereocenters. The first-order valence-corrected chi connectivity index (χ1v) is 14.0.